The summed E-state index contributed by atoms with van der Waals surface area (Å²) in [6.07, 6.45) is 0. The standard InChI is InChI=1S/C10H19NO3S/c1-10(2)6-5-7-11(3,4)8-9-15(12,13)14/h10H,7-9H2,1-4H3/p+1. The van der Waals surface area contributed by atoms with E-state index in [-0.39, 0.29) is 5.75 Å². The van der Waals surface area contributed by atoms with E-state index in [9.17, 15) is 8.42 Å². The third-order valence-electron chi connectivity index (χ3n) is 1.85. The quantitative estimate of drug-likeness (QED) is 0.440. The molecule has 0 unspecified atom stereocenters. The van der Waals surface area contributed by atoms with E-state index in [4.69, 9.17) is 4.55 Å². The van der Waals surface area contributed by atoms with Crippen molar-refractivity contribution in [2.75, 3.05) is 32.9 Å². The van der Waals surface area contributed by atoms with E-state index in [0.717, 1.165) is 0 Å². The lowest BCUT2D eigenvalue weighted by Gasteiger charge is -2.26. The second-order valence-corrected chi connectivity index (χ2v) is 6.15. The lowest BCUT2D eigenvalue weighted by atomic mass is 10.2. The first-order chi connectivity index (χ1) is 6.62. The highest BCUT2D eigenvalue weighted by atomic mass is 32.2. The Balaban J connectivity index is 4.16. The molecule has 15 heavy (non-hydrogen) atoms. The van der Waals surface area contributed by atoms with Crippen LogP contribution in [0.1, 0.15) is 13.8 Å². The summed E-state index contributed by atoms with van der Waals surface area (Å²) in [6.45, 7) is 4.97. The summed E-state index contributed by atoms with van der Waals surface area (Å²) in [4.78, 5) is 0. The van der Waals surface area contributed by atoms with Crippen molar-refractivity contribution in [3.8, 4) is 11.8 Å². The van der Waals surface area contributed by atoms with Crippen LogP contribution >= 0.6 is 0 Å². The molecule has 88 valence electrons. The van der Waals surface area contributed by atoms with Crippen molar-refractivity contribution in [2.45, 2.75) is 13.8 Å². The van der Waals surface area contributed by atoms with Crippen molar-refractivity contribution in [2.24, 2.45) is 5.92 Å². The van der Waals surface area contributed by atoms with Crippen molar-refractivity contribution in [3.63, 3.8) is 0 Å². The summed E-state index contributed by atoms with van der Waals surface area (Å²) in [5.41, 5.74) is 0. The molecular weight excluding hydrogens is 214 g/mol. The molecule has 0 aromatic heterocycles. The van der Waals surface area contributed by atoms with Gasteiger partial charge in [-0.3, -0.25) is 4.55 Å². The molecule has 0 aliphatic rings. The molecule has 0 amide bonds. The molecule has 0 saturated carbocycles. The zero-order valence-corrected chi connectivity index (χ0v) is 10.6. The highest BCUT2D eigenvalue weighted by Gasteiger charge is 2.17. The van der Waals surface area contributed by atoms with Gasteiger partial charge >= 0.3 is 0 Å². The van der Waals surface area contributed by atoms with E-state index in [2.05, 4.69) is 11.8 Å². The average molecular weight is 234 g/mol. The fourth-order valence-corrected chi connectivity index (χ4v) is 1.63. The summed E-state index contributed by atoms with van der Waals surface area (Å²) in [5, 5.41) is 0. The van der Waals surface area contributed by atoms with Gasteiger partial charge in [0.05, 0.1) is 20.6 Å². The topological polar surface area (TPSA) is 54.4 Å². The minimum atomic E-state index is -3.86. The van der Waals surface area contributed by atoms with E-state index >= 15 is 0 Å². The van der Waals surface area contributed by atoms with Crippen LogP contribution in [0.5, 0.6) is 0 Å². The van der Waals surface area contributed by atoms with Crippen molar-refractivity contribution in [3.05, 3.63) is 0 Å². The van der Waals surface area contributed by atoms with Gasteiger partial charge in [-0.25, -0.2) is 0 Å². The molecule has 5 heteroatoms. The molecule has 1 N–H and O–H groups in total. The lowest BCUT2D eigenvalue weighted by molar-refractivity contribution is -0.880. The van der Waals surface area contributed by atoms with E-state index < -0.39 is 10.1 Å². The van der Waals surface area contributed by atoms with Gasteiger partial charge in [0.25, 0.3) is 10.1 Å². The highest BCUT2D eigenvalue weighted by molar-refractivity contribution is 7.85. The van der Waals surface area contributed by atoms with Gasteiger partial charge in [0, 0.05) is 5.92 Å². The minimum absolute atomic E-state index is 0.219. The number of hydrogen-bond donors (Lipinski definition) is 1. The van der Waals surface area contributed by atoms with E-state index in [1.807, 2.05) is 27.9 Å². The van der Waals surface area contributed by atoms with E-state index in [0.29, 0.717) is 23.5 Å². The van der Waals surface area contributed by atoms with Crippen molar-refractivity contribution in [1.82, 2.24) is 0 Å². The second-order valence-electron chi connectivity index (χ2n) is 4.58. The first-order valence-corrected chi connectivity index (χ1v) is 6.49. The molecule has 0 aliphatic heterocycles. The maximum atomic E-state index is 10.6. The average Bonchev–Trinajstić information content (AvgIpc) is 1.99. The Bertz CT molecular complexity index is 347. The van der Waals surface area contributed by atoms with Gasteiger partial charge in [-0.1, -0.05) is 19.8 Å². The number of quaternary nitrogens is 1. The molecule has 0 aromatic carbocycles. The highest BCUT2D eigenvalue weighted by Crippen LogP contribution is 1.97. The van der Waals surface area contributed by atoms with Crippen LogP contribution in [0.2, 0.25) is 0 Å². The molecule has 0 bridgehead atoms. The molecule has 4 nitrogen and oxygen atoms in total. The number of hydrogen-bond acceptors (Lipinski definition) is 2. The van der Waals surface area contributed by atoms with Gasteiger partial charge in [0.15, 0.2) is 0 Å². The molecule has 0 fully saturated rings. The SMILES string of the molecule is CC(C)C#CC[N+](C)(C)CCS(=O)(=O)O. The molecule has 0 atom stereocenters. The zero-order chi connectivity index (χ0) is 12.1. The summed E-state index contributed by atoms with van der Waals surface area (Å²) in [7, 11) is -0.0843. The van der Waals surface area contributed by atoms with Gasteiger partial charge in [-0.2, -0.15) is 8.42 Å². The van der Waals surface area contributed by atoms with Gasteiger partial charge in [-0.15, -0.1) is 0 Å². The summed E-state index contributed by atoms with van der Waals surface area (Å²) in [5.74, 6) is 6.13. The van der Waals surface area contributed by atoms with Gasteiger partial charge in [0.1, 0.15) is 12.3 Å². The van der Waals surface area contributed by atoms with Gasteiger partial charge in [0.2, 0.25) is 0 Å². The summed E-state index contributed by atoms with van der Waals surface area (Å²) in [6, 6.07) is 0. The van der Waals surface area contributed by atoms with Crippen LogP contribution in [-0.4, -0.2) is 50.4 Å². The lowest BCUT2D eigenvalue weighted by Crippen LogP contribution is -2.43. The second kappa shape index (κ2) is 5.50. The Morgan fingerprint density at radius 3 is 2.27 bits per heavy atom. The van der Waals surface area contributed by atoms with Crippen molar-refractivity contribution < 1.29 is 17.5 Å². The Kier molecular flexibility index (Phi) is 5.29. The first-order valence-electron chi connectivity index (χ1n) is 4.88. The number of rotatable bonds is 4. The maximum absolute atomic E-state index is 10.6. The first kappa shape index (κ1) is 14.4. The Morgan fingerprint density at radius 1 is 1.33 bits per heavy atom. The third kappa shape index (κ3) is 9.73. The fraction of sp³-hybridized carbons (Fsp3) is 0.800. The number of nitrogens with zero attached hydrogens (tertiary/aromatic N) is 1. The zero-order valence-electron chi connectivity index (χ0n) is 9.82. The van der Waals surface area contributed by atoms with Gasteiger partial charge in [-0.05, 0) is 5.92 Å². The van der Waals surface area contributed by atoms with Crippen LogP contribution in [0.25, 0.3) is 0 Å². The van der Waals surface area contributed by atoms with Crippen LogP contribution in [-0.2, 0) is 10.1 Å². The molecular formula is C10H20NO3S+. The summed E-state index contributed by atoms with van der Waals surface area (Å²) < 4.78 is 30.2. The van der Waals surface area contributed by atoms with Crippen LogP contribution < -0.4 is 0 Å². The summed E-state index contributed by atoms with van der Waals surface area (Å²) >= 11 is 0. The van der Waals surface area contributed by atoms with E-state index in [1.165, 1.54) is 0 Å². The molecule has 0 aliphatic carbocycles. The Labute approximate surface area is 92.6 Å². The van der Waals surface area contributed by atoms with Crippen LogP contribution in [0.4, 0.5) is 0 Å². The van der Waals surface area contributed by atoms with E-state index in [1.54, 1.807) is 0 Å². The largest absolute Gasteiger partial charge is 0.317 e. The fourth-order valence-electron chi connectivity index (χ4n) is 0.905. The van der Waals surface area contributed by atoms with Crippen LogP contribution in [0.3, 0.4) is 0 Å². The smallest absolute Gasteiger partial charge is 0.270 e. The molecule has 0 heterocycles. The Morgan fingerprint density at radius 2 is 1.87 bits per heavy atom. The molecule has 0 aromatic rings. The molecule has 0 rings (SSSR count). The normalized spacial score (nSPS) is 12.4. The molecule has 0 saturated heterocycles. The molecule has 0 spiro atoms. The maximum Gasteiger partial charge on any atom is 0.270 e. The van der Waals surface area contributed by atoms with Crippen molar-refractivity contribution >= 4 is 10.1 Å². The molecule has 0 radical (unpaired) electrons. The van der Waals surface area contributed by atoms with Gasteiger partial charge < -0.3 is 4.48 Å². The monoisotopic (exact) mass is 234 g/mol. The Hall–Kier alpha value is -0.570. The predicted molar refractivity (Wildman–Crippen MR) is 60.9 cm³/mol. The minimum Gasteiger partial charge on any atom is -0.317 e. The predicted octanol–water partition coefficient (Wildman–Crippen LogP) is 0.610. The van der Waals surface area contributed by atoms with Crippen LogP contribution in [0, 0.1) is 17.8 Å². The third-order valence-corrected chi connectivity index (χ3v) is 2.55. The van der Waals surface area contributed by atoms with Crippen molar-refractivity contribution in [1.29, 1.82) is 0 Å². The van der Waals surface area contributed by atoms with Crippen LogP contribution in [0.15, 0.2) is 0 Å².